The third-order valence-electron chi connectivity index (χ3n) is 4.40. The average molecular weight is 357 g/mol. The van der Waals surface area contributed by atoms with Crippen LogP contribution >= 0.6 is 0 Å². The Labute approximate surface area is 153 Å². The third-order valence-corrected chi connectivity index (χ3v) is 4.40. The Balaban J connectivity index is 1.49. The molecule has 26 heavy (non-hydrogen) atoms. The van der Waals surface area contributed by atoms with Crippen LogP contribution in [0.1, 0.15) is 31.4 Å². The minimum Gasteiger partial charge on any atom is -0.494 e. The maximum atomic E-state index is 13.1. The number of carbonyl (C=O) groups is 1. The molecule has 1 amide bonds. The molecule has 0 bridgehead atoms. The third kappa shape index (κ3) is 5.05. The first kappa shape index (κ1) is 18.4. The van der Waals surface area contributed by atoms with Gasteiger partial charge in [-0.1, -0.05) is 30.3 Å². The van der Waals surface area contributed by atoms with Gasteiger partial charge in [-0.2, -0.15) is 0 Å². The Bertz CT molecular complexity index is 705. The molecule has 2 unspecified atom stereocenters. The summed E-state index contributed by atoms with van der Waals surface area (Å²) in [7, 11) is 0. The summed E-state index contributed by atoms with van der Waals surface area (Å²) >= 11 is 0. The molecular formula is C21H24FNO3. The van der Waals surface area contributed by atoms with Crippen LogP contribution < -0.4 is 4.74 Å². The Morgan fingerprint density at radius 2 is 1.88 bits per heavy atom. The van der Waals surface area contributed by atoms with E-state index in [0.29, 0.717) is 32.5 Å². The number of halogens is 1. The Hall–Kier alpha value is -2.40. The van der Waals surface area contributed by atoms with E-state index in [1.807, 2.05) is 42.2 Å². The van der Waals surface area contributed by atoms with E-state index in [4.69, 9.17) is 9.47 Å². The minimum absolute atomic E-state index is 0.0525. The predicted molar refractivity (Wildman–Crippen MR) is 97.4 cm³/mol. The standard InChI is InChI=1S/C21H24FNO3/c1-16-14-23(15-20(26-16)17-9-11-18(22)12-10-17)21(24)8-5-13-25-19-6-3-2-4-7-19/h2-4,6-7,9-12,16,20H,5,8,13-15H2,1H3. The van der Waals surface area contributed by atoms with Crippen molar-refractivity contribution in [3.05, 3.63) is 66.0 Å². The van der Waals surface area contributed by atoms with E-state index < -0.39 is 0 Å². The largest absolute Gasteiger partial charge is 0.494 e. The fourth-order valence-electron chi connectivity index (χ4n) is 3.10. The molecule has 0 saturated carbocycles. The molecular weight excluding hydrogens is 333 g/mol. The van der Waals surface area contributed by atoms with Crippen molar-refractivity contribution < 1.29 is 18.7 Å². The predicted octanol–water partition coefficient (Wildman–Crippen LogP) is 3.97. The molecule has 0 N–H and O–H groups in total. The van der Waals surface area contributed by atoms with Crippen molar-refractivity contribution in [1.29, 1.82) is 0 Å². The highest BCUT2D eigenvalue weighted by atomic mass is 19.1. The molecule has 4 nitrogen and oxygen atoms in total. The molecule has 2 atom stereocenters. The number of hydrogen-bond acceptors (Lipinski definition) is 3. The van der Waals surface area contributed by atoms with Crippen molar-refractivity contribution in [2.24, 2.45) is 0 Å². The monoisotopic (exact) mass is 357 g/mol. The van der Waals surface area contributed by atoms with Gasteiger partial charge in [0.15, 0.2) is 0 Å². The molecule has 1 heterocycles. The zero-order chi connectivity index (χ0) is 18.4. The van der Waals surface area contributed by atoms with Crippen LogP contribution in [-0.2, 0) is 9.53 Å². The number of amides is 1. The molecule has 0 aromatic heterocycles. The average Bonchev–Trinajstić information content (AvgIpc) is 2.66. The molecule has 0 radical (unpaired) electrons. The minimum atomic E-state index is -0.274. The fourth-order valence-corrected chi connectivity index (χ4v) is 3.10. The highest BCUT2D eigenvalue weighted by Crippen LogP contribution is 2.26. The van der Waals surface area contributed by atoms with Crippen LogP contribution in [0.4, 0.5) is 4.39 Å². The lowest BCUT2D eigenvalue weighted by molar-refractivity contribution is -0.145. The Morgan fingerprint density at radius 3 is 2.62 bits per heavy atom. The lowest BCUT2D eigenvalue weighted by Crippen LogP contribution is -2.46. The van der Waals surface area contributed by atoms with E-state index in [1.165, 1.54) is 12.1 Å². The van der Waals surface area contributed by atoms with E-state index in [-0.39, 0.29) is 23.9 Å². The van der Waals surface area contributed by atoms with E-state index in [9.17, 15) is 9.18 Å². The van der Waals surface area contributed by atoms with Gasteiger partial charge in [0.2, 0.25) is 5.91 Å². The van der Waals surface area contributed by atoms with Gasteiger partial charge in [-0.15, -0.1) is 0 Å². The number of morpholine rings is 1. The molecule has 0 spiro atoms. The zero-order valence-electron chi connectivity index (χ0n) is 14.9. The quantitative estimate of drug-likeness (QED) is 0.734. The maximum absolute atomic E-state index is 13.1. The smallest absolute Gasteiger partial charge is 0.222 e. The van der Waals surface area contributed by atoms with Gasteiger partial charge >= 0.3 is 0 Å². The molecule has 1 aliphatic heterocycles. The van der Waals surface area contributed by atoms with Crippen LogP contribution in [0, 0.1) is 5.82 Å². The van der Waals surface area contributed by atoms with E-state index in [1.54, 1.807) is 12.1 Å². The van der Waals surface area contributed by atoms with Crippen LogP contribution in [0.2, 0.25) is 0 Å². The summed E-state index contributed by atoms with van der Waals surface area (Å²) in [6, 6.07) is 15.9. The van der Waals surface area contributed by atoms with Crippen LogP contribution in [0.15, 0.2) is 54.6 Å². The molecule has 2 aromatic rings. The SMILES string of the molecule is CC1CN(C(=O)CCCOc2ccccc2)CC(c2ccc(F)cc2)O1. The first-order chi connectivity index (χ1) is 12.6. The molecule has 3 rings (SSSR count). The fraction of sp³-hybridized carbons (Fsp3) is 0.381. The number of para-hydroxylation sites is 1. The lowest BCUT2D eigenvalue weighted by atomic mass is 10.1. The molecule has 1 aliphatic rings. The molecule has 138 valence electrons. The first-order valence-electron chi connectivity index (χ1n) is 8.98. The highest BCUT2D eigenvalue weighted by Gasteiger charge is 2.29. The number of carbonyl (C=O) groups excluding carboxylic acids is 1. The second-order valence-corrected chi connectivity index (χ2v) is 6.55. The lowest BCUT2D eigenvalue weighted by Gasteiger charge is -2.37. The topological polar surface area (TPSA) is 38.8 Å². The van der Waals surface area contributed by atoms with E-state index in [2.05, 4.69) is 0 Å². The van der Waals surface area contributed by atoms with Crippen LogP contribution in [-0.4, -0.2) is 36.6 Å². The van der Waals surface area contributed by atoms with Crippen LogP contribution in [0.5, 0.6) is 5.75 Å². The summed E-state index contributed by atoms with van der Waals surface area (Å²) in [6.45, 7) is 3.54. The second kappa shape index (κ2) is 8.81. The molecule has 1 fully saturated rings. The summed E-state index contributed by atoms with van der Waals surface area (Å²) in [5.74, 6) is 0.643. The number of rotatable bonds is 6. The van der Waals surface area contributed by atoms with Crippen molar-refractivity contribution in [2.75, 3.05) is 19.7 Å². The summed E-state index contributed by atoms with van der Waals surface area (Å²) in [5.41, 5.74) is 0.892. The zero-order valence-corrected chi connectivity index (χ0v) is 14.9. The van der Waals surface area contributed by atoms with Gasteiger partial charge in [0, 0.05) is 13.0 Å². The Kier molecular flexibility index (Phi) is 6.23. The number of hydrogen-bond donors (Lipinski definition) is 0. The molecule has 0 aliphatic carbocycles. The summed E-state index contributed by atoms with van der Waals surface area (Å²) < 4.78 is 24.7. The van der Waals surface area contributed by atoms with Gasteiger partial charge in [0.05, 0.1) is 19.3 Å². The van der Waals surface area contributed by atoms with Gasteiger partial charge in [0.1, 0.15) is 17.7 Å². The van der Waals surface area contributed by atoms with Crippen molar-refractivity contribution in [3.8, 4) is 5.75 Å². The molecule has 2 aromatic carbocycles. The maximum Gasteiger partial charge on any atom is 0.222 e. The van der Waals surface area contributed by atoms with Crippen molar-refractivity contribution in [2.45, 2.75) is 32.0 Å². The van der Waals surface area contributed by atoms with Crippen LogP contribution in [0.3, 0.4) is 0 Å². The summed E-state index contributed by atoms with van der Waals surface area (Å²) in [6.07, 6.45) is 0.836. The Morgan fingerprint density at radius 1 is 1.15 bits per heavy atom. The molecule has 1 saturated heterocycles. The second-order valence-electron chi connectivity index (χ2n) is 6.55. The molecule has 5 heteroatoms. The van der Waals surface area contributed by atoms with Crippen LogP contribution in [0.25, 0.3) is 0 Å². The number of nitrogens with zero attached hydrogens (tertiary/aromatic N) is 1. The number of benzene rings is 2. The van der Waals surface area contributed by atoms with E-state index >= 15 is 0 Å². The summed E-state index contributed by atoms with van der Waals surface area (Å²) in [4.78, 5) is 14.4. The van der Waals surface area contributed by atoms with Gasteiger partial charge in [-0.25, -0.2) is 4.39 Å². The van der Waals surface area contributed by atoms with Gasteiger partial charge in [-0.05, 0) is 43.2 Å². The highest BCUT2D eigenvalue weighted by molar-refractivity contribution is 5.76. The van der Waals surface area contributed by atoms with E-state index in [0.717, 1.165) is 11.3 Å². The number of ether oxygens (including phenoxy) is 2. The van der Waals surface area contributed by atoms with Gasteiger partial charge in [-0.3, -0.25) is 4.79 Å². The normalized spacial score (nSPS) is 20.0. The van der Waals surface area contributed by atoms with Gasteiger partial charge < -0.3 is 14.4 Å². The summed E-state index contributed by atoms with van der Waals surface area (Å²) in [5, 5.41) is 0. The van der Waals surface area contributed by atoms with Crippen molar-refractivity contribution in [3.63, 3.8) is 0 Å². The first-order valence-corrected chi connectivity index (χ1v) is 8.98. The van der Waals surface area contributed by atoms with Crippen molar-refractivity contribution in [1.82, 2.24) is 4.90 Å². The van der Waals surface area contributed by atoms with Gasteiger partial charge in [0.25, 0.3) is 0 Å². The van der Waals surface area contributed by atoms with Crippen molar-refractivity contribution >= 4 is 5.91 Å².